The van der Waals surface area contributed by atoms with Crippen LogP contribution in [-0.2, 0) is 27.2 Å². The summed E-state index contributed by atoms with van der Waals surface area (Å²) < 4.78 is 5.85. The van der Waals surface area contributed by atoms with E-state index < -0.39 is 35.8 Å². The minimum atomic E-state index is -1.27. The number of halogens is 1. The summed E-state index contributed by atoms with van der Waals surface area (Å²) in [5.41, 5.74) is 13.3. The number of carboxylic acid groups (broad SMARTS) is 1. The molecule has 3 aromatic rings. The predicted octanol–water partition coefficient (Wildman–Crippen LogP) is 2.46. The second kappa shape index (κ2) is 15.4. The maximum Gasteiger partial charge on any atom is 0.326 e. The maximum atomic E-state index is 13.3. The van der Waals surface area contributed by atoms with Crippen LogP contribution in [0.25, 0.3) is 0 Å². The van der Waals surface area contributed by atoms with Crippen LogP contribution < -0.4 is 26.8 Å². The number of hydrogen-bond donors (Lipinski definition) is 5. The summed E-state index contributed by atoms with van der Waals surface area (Å²) in [6.07, 6.45) is 0.215. The molecule has 3 aromatic carbocycles. The Kier molecular flexibility index (Phi) is 11.7. The molecule has 0 aromatic heterocycles. The molecule has 0 saturated heterocycles. The number of benzene rings is 3. The molecule has 41 heavy (non-hydrogen) atoms. The molecule has 0 aliphatic carbocycles. The second-order valence-electron chi connectivity index (χ2n) is 9.52. The van der Waals surface area contributed by atoms with Crippen LogP contribution >= 0.6 is 11.6 Å². The first kappa shape index (κ1) is 31.1. The van der Waals surface area contributed by atoms with Crippen LogP contribution in [0, 0.1) is 0 Å². The van der Waals surface area contributed by atoms with Crippen LogP contribution in [0.15, 0.2) is 78.9 Å². The van der Waals surface area contributed by atoms with Crippen LogP contribution in [0.4, 0.5) is 0 Å². The van der Waals surface area contributed by atoms with Crippen molar-refractivity contribution in [2.24, 2.45) is 11.5 Å². The minimum absolute atomic E-state index is 0.0246. The Balaban J connectivity index is 1.72. The van der Waals surface area contributed by atoms with E-state index in [1.54, 1.807) is 30.3 Å². The molecule has 10 nitrogen and oxygen atoms in total. The monoisotopic (exact) mass is 580 g/mol. The molecular weight excluding hydrogens is 548 g/mol. The molecule has 0 aliphatic rings. The number of nitrogens with one attached hydrogen (secondary N) is 2. The Bertz CT molecular complexity index is 1340. The highest BCUT2D eigenvalue weighted by atomic mass is 35.5. The summed E-state index contributed by atoms with van der Waals surface area (Å²) in [5.74, 6) is -3.24. The molecule has 0 fully saturated rings. The highest BCUT2D eigenvalue weighted by Gasteiger charge is 2.28. The highest BCUT2D eigenvalue weighted by molar-refractivity contribution is 6.30. The van der Waals surface area contributed by atoms with Crippen molar-refractivity contribution in [2.75, 3.05) is 6.61 Å². The summed E-state index contributed by atoms with van der Waals surface area (Å²) in [7, 11) is 0. The lowest BCUT2D eigenvalue weighted by Crippen LogP contribution is -2.52. The van der Waals surface area contributed by atoms with E-state index in [1.165, 1.54) is 18.2 Å². The quantitative estimate of drug-likeness (QED) is 0.183. The molecule has 7 N–H and O–H groups in total. The lowest BCUT2D eigenvalue weighted by atomic mass is 10.0. The van der Waals surface area contributed by atoms with E-state index in [-0.39, 0.29) is 43.2 Å². The zero-order valence-electron chi connectivity index (χ0n) is 22.3. The lowest BCUT2D eigenvalue weighted by molar-refractivity contribution is -0.142. The average molecular weight is 581 g/mol. The molecule has 0 spiro atoms. The van der Waals surface area contributed by atoms with Crippen molar-refractivity contribution in [3.8, 4) is 5.75 Å². The van der Waals surface area contributed by atoms with Gasteiger partial charge >= 0.3 is 5.97 Å². The van der Waals surface area contributed by atoms with Gasteiger partial charge in [-0.2, -0.15) is 0 Å². The summed E-state index contributed by atoms with van der Waals surface area (Å²) in [4.78, 5) is 49.8. The fourth-order valence-corrected chi connectivity index (χ4v) is 4.25. The van der Waals surface area contributed by atoms with Gasteiger partial charge in [-0.1, -0.05) is 72.3 Å². The van der Waals surface area contributed by atoms with E-state index in [1.807, 2.05) is 30.3 Å². The number of primary amides is 1. The topological polar surface area (TPSA) is 174 Å². The third kappa shape index (κ3) is 10.3. The molecule has 0 aliphatic heterocycles. The number of carboxylic acids is 1. The van der Waals surface area contributed by atoms with Crippen LogP contribution in [0.3, 0.4) is 0 Å². The van der Waals surface area contributed by atoms with Crippen LogP contribution in [0.5, 0.6) is 5.75 Å². The zero-order valence-corrected chi connectivity index (χ0v) is 23.1. The fourth-order valence-electron chi connectivity index (χ4n) is 4.09. The molecule has 0 heterocycles. The highest BCUT2D eigenvalue weighted by Crippen LogP contribution is 2.24. The van der Waals surface area contributed by atoms with E-state index in [0.717, 1.165) is 5.56 Å². The van der Waals surface area contributed by atoms with Crippen LogP contribution in [0.2, 0.25) is 5.02 Å². The zero-order chi connectivity index (χ0) is 29.8. The maximum absolute atomic E-state index is 13.3. The molecule has 3 rings (SSSR count). The number of rotatable bonds is 15. The van der Waals surface area contributed by atoms with Crippen molar-refractivity contribution >= 4 is 35.3 Å². The SMILES string of the molecule is NC(=O)CC[C@H](NC(=O)c1ccc(Cl)cc1OC[C@H](N)Cc1ccccc1)C(=O)N[C@@H](Cc1ccccc1)C(=O)O. The number of ether oxygens (including phenoxy) is 1. The minimum Gasteiger partial charge on any atom is -0.491 e. The number of amides is 3. The van der Waals surface area contributed by atoms with Crippen molar-refractivity contribution in [3.63, 3.8) is 0 Å². The van der Waals surface area contributed by atoms with Gasteiger partial charge in [-0.25, -0.2) is 4.79 Å². The van der Waals surface area contributed by atoms with E-state index in [2.05, 4.69) is 10.6 Å². The number of nitrogens with two attached hydrogens (primary N) is 2. The van der Waals surface area contributed by atoms with Crippen molar-refractivity contribution in [3.05, 3.63) is 101 Å². The van der Waals surface area contributed by atoms with Gasteiger partial charge in [0, 0.05) is 23.9 Å². The van der Waals surface area contributed by atoms with Gasteiger partial charge in [0.15, 0.2) is 0 Å². The summed E-state index contributed by atoms with van der Waals surface area (Å²) >= 11 is 6.15. The second-order valence-corrected chi connectivity index (χ2v) is 9.96. The molecular formula is C30H33ClN4O6. The average Bonchev–Trinajstić information content (AvgIpc) is 2.94. The summed E-state index contributed by atoms with van der Waals surface area (Å²) in [6, 6.07) is 19.9. The van der Waals surface area contributed by atoms with E-state index in [9.17, 15) is 24.3 Å². The first-order chi connectivity index (χ1) is 19.6. The van der Waals surface area contributed by atoms with Gasteiger partial charge in [-0.05, 0) is 42.2 Å². The van der Waals surface area contributed by atoms with Gasteiger partial charge in [0.2, 0.25) is 11.8 Å². The number of carbonyl (C=O) groups excluding carboxylic acids is 3. The standard InChI is InChI=1S/C30H33ClN4O6/c31-21-11-12-23(26(17-21)41-18-22(32)15-19-7-3-1-4-8-19)28(37)34-24(13-14-27(33)36)29(38)35-25(30(39)40)16-20-9-5-2-6-10-20/h1-12,17,22,24-25H,13-16,18,32H2,(H2,33,36)(H,34,37)(H,35,38)(H,39,40)/t22-,24+,25+/m1/s1. The van der Waals surface area contributed by atoms with Crippen molar-refractivity contribution < 1.29 is 29.0 Å². The number of hydrogen-bond acceptors (Lipinski definition) is 6. The first-order valence-electron chi connectivity index (χ1n) is 13.0. The van der Waals surface area contributed by atoms with Crippen molar-refractivity contribution in [1.82, 2.24) is 10.6 Å². The van der Waals surface area contributed by atoms with Gasteiger partial charge < -0.3 is 31.9 Å². The Morgan fingerprint density at radius 1 is 0.854 bits per heavy atom. The normalized spacial score (nSPS) is 12.9. The van der Waals surface area contributed by atoms with Gasteiger partial charge in [-0.3, -0.25) is 14.4 Å². The third-order valence-electron chi connectivity index (χ3n) is 6.18. The predicted molar refractivity (Wildman–Crippen MR) is 154 cm³/mol. The molecule has 11 heteroatoms. The summed E-state index contributed by atoms with van der Waals surface area (Å²) in [6.45, 7) is 0.0842. The van der Waals surface area contributed by atoms with Gasteiger partial charge in [0.05, 0.1) is 5.56 Å². The van der Waals surface area contributed by atoms with Crippen LogP contribution in [-0.4, -0.2) is 53.5 Å². The van der Waals surface area contributed by atoms with Gasteiger partial charge in [-0.15, -0.1) is 0 Å². The van der Waals surface area contributed by atoms with E-state index in [0.29, 0.717) is 17.0 Å². The molecule has 0 saturated carbocycles. The number of aliphatic carboxylic acids is 1. The van der Waals surface area contributed by atoms with Gasteiger partial charge in [0.25, 0.3) is 5.91 Å². The Morgan fingerprint density at radius 2 is 1.46 bits per heavy atom. The smallest absolute Gasteiger partial charge is 0.326 e. The van der Waals surface area contributed by atoms with Crippen molar-refractivity contribution in [1.29, 1.82) is 0 Å². The third-order valence-corrected chi connectivity index (χ3v) is 6.42. The molecule has 0 bridgehead atoms. The van der Waals surface area contributed by atoms with Crippen LogP contribution in [0.1, 0.15) is 34.3 Å². The Hall–Kier alpha value is -4.41. The first-order valence-corrected chi connectivity index (χ1v) is 13.4. The lowest BCUT2D eigenvalue weighted by Gasteiger charge is -2.22. The Labute approximate surface area is 243 Å². The van der Waals surface area contributed by atoms with Crippen molar-refractivity contribution in [2.45, 2.75) is 43.8 Å². The molecule has 3 atom stereocenters. The molecule has 0 radical (unpaired) electrons. The molecule has 0 unspecified atom stereocenters. The molecule has 216 valence electrons. The van der Waals surface area contributed by atoms with Gasteiger partial charge in [0.1, 0.15) is 24.4 Å². The van der Waals surface area contributed by atoms with E-state index >= 15 is 0 Å². The fraction of sp³-hybridized carbons (Fsp3) is 0.267. The summed E-state index contributed by atoms with van der Waals surface area (Å²) in [5, 5.41) is 15.0. The largest absolute Gasteiger partial charge is 0.491 e. The molecule has 3 amide bonds. The number of carbonyl (C=O) groups is 4. The van der Waals surface area contributed by atoms with E-state index in [4.69, 9.17) is 27.8 Å². The Morgan fingerprint density at radius 3 is 2.05 bits per heavy atom.